The SMILES string of the molecule is COc1ccccc1CN(Cc1cccs1)C(=O)C1CCN(S(=O)(=O)c2ccc(C)cc2)CC1. The summed E-state index contributed by atoms with van der Waals surface area (Å²) < 4.78 is 33.1. The summed E-state index contributed by atoms with van der Waals surface area (Å²) in [4.78, 5) is 16.9. The highest BCUT2D eigenvalue weighted by molar-refractivity contribution is 7.89. The number of rotatable bonds is 8. The van der Waals surface area contributed by atoms with Crippen LogP contribution in [0.25, 0.3) is 0 Å². The summed E-state index contributed by atoms with van der Waals surface area (Å²) in [5.41, 5.74) is 1.97. The van der Waals surface area contributed by atoms with Gasteiger partial charge in [0.1, 0.15) is 5.75 Å². The number of aryl methyl sites for hydroxylation is 1. The number of ether oxygens (including phenoxy) is 1. The summed E-state index contributed by atoms with van der Waals surface area (Å²) in [6.45, 7) is 3.59. The van der Waals surface area contributed by atoms with E-state index < -0.39 is 10.0 Å². The lowest BCUT2D eigenvalue weighted by molar-refractivity contribution is -0.138. The van der Waals surface area contributed by atoms with E-state index in [0.29, 0.717) is 43.9 Å². The van der Waals surface area contributed by atoms with Crippen molar-refractivity contribution in [3.8, 4) is 5.75 Å². The van der Waals surface area contributed by atoms with Gasteiger partial charge in [-0.1, -0.05) is 42.0 Å². The van der Waals surface area contributed by atoms with Gasteiger partial charge in [0.15, 0.2) is 0 Å². The number of benzene rings is 2. The third kappa shape index (κ3) is 5.51. The van der Waals surface area contributed by atoms with Crippen molar-refractivity contribution >= 4 is 27.3 Å². The minimum atomic E-state index is -3.55. The monoisotopic (exact) mass is 498 g/mol. The second kappa shape index (κ2) is 10.7. The zero-order chi connectivity index (χ0) is 24.1. The molecule has 2 aromatic carbocycles. The largest absolute Gasteiger partial charge is 0.496 e. The summed E-state index contributed by atoms with van der Waals surface area (Å²) in [5.74, 6) is 0.608. The van der Waals surface area contributed by atoms with Crippen molar-refractivity contribution in [3.63, 3.8) is 0 Å². The molecule has 34 heavy (non-hydrogen) atoms. The highest BCUT2D eigenvalue weighted by Gasteiger charge is 2.34. The first kappa shape index (κ1) is 24.4. The second-order valence-electron chi connectivity index (χ2n) is 8.58. The number of hydrogen-bond donors (Lipinski definition) is 0. The lowest BCUT2D eigenvalue weighted by atomic mass is 9.96. The van der Waals surface area contributed by atoms with Crippen molar-refractivity contribution < 1.29 is 17.9 Å². The lowest BCUT2D eigenvalue weighted by Gasteiger charge is -2.34. The van der Waals surface area contributed by atoms with Crippen LogP contribution in [0.1, 0.15) is 28.8 Å². The van der Waals surface area contributed by atoms with Crippen molar-refractivity contribution in [2.24, 2.45) is 5.92 Å². The number of piperidine rings is 1. The highest BCUT2D eigenvalue weighted by Crippen LogP contribution is 2.28. The molecule has 1 aliphatic rings. The highest BCUT2D eigenvalue weighted by atomic mass is 32.2. The molecule has 3 aromatic rings. The van der Waals surface area contributed by atoms with Crippen LogP contribution < -0.4 is 4.74 Å². The van der Waals surface area contributed by atoms with Gasteiger partial charge < -0.3 is 9.64 Å². The maximum atomic E-state index is 13.6. The van der Waals surface area contributed by atoms with Crippen LogP contribution in [-0.2, 0) is 27.9 Å². The molecule has 0 aliphatic carbocycles. The first-order valence-electron chi connectivity index (χ1n) is 11.4. The van der Waals surface area contributed by atoms with Gasteiger partial charge >= 0.3 is 0 Å². The summed E-state index contributed by atoms with van der Waals surface area (Å²) in [6, 6.07) is 18.7. The van der Waals surface area contributed by atoms with Crippen LogP contribution in [0.5, 0.6) is 5.75 Å². The molecule has 0 radical (unpaired) electrons. The quantitative estimate of drug-likeness (QED) is 0.452. The number of nitrogens with zero attached hydrogens (tertiary/aromatic N) is 2. The Labute approximate surface area is 205 Å². The molecule has 1 aromatic heterocycles. The molecule has 0 saturated carbocycles. The van der Waals surface area contributed by atoms with E-state index in [4.69, 9.17) is 4.74 Å². The van der Waals surface area contributed by atoms with Crippen LogP contribution >= 0.6 is 11.3 Å². The Morgan fingerprint density at radius 1 is 1.03 bits per heavy atom. The van der Waals surface area contributed by atoms with Crippen molar-refractivity contribution in [2.45, 2.75) is 37.8 Å². The molecule has 2 heterocycles. The van der Waals surface area contributed by atoms with E-state index in [-0.39, 0.29) is 11.8 Å². The smallest absolute Gasteiger partial charge is 0.243 e. The van der Waals surface area contributed by atoms with Crippen LogP contribution in [0.4, 0.5) is 0 Å². The Hall–Kier alpha value is -2.68. The van der Waals surface area contributed by atoms with E-state index >= 15 is 0 Å². The molecule has 0 bridgehead atoms. The van der Waals surface area contributed by atoms with Crippen LogP contribution in [-0.4, -0.2) is 43.7 Å². The maximum Gasteiger partial charge on any atom is 0.243 e. The van der Waals surface area contributed by atoms with Gasteiger partial charge in [-0.15, -0.1) is 11.3 Å². The second-order valence-corrected chi connectivity index (χ2v) is 11.5. The number of thiophene rings is 1. The molecule has 1 amide bonds. The Morgan fingerprint density at radius 2 is 1.74 bits per heavy atom. The minimum Gasteiger partial charge on any atom is -0.496 e. The molecule has 1 aliphatic heterocycles. The maximum absolute atomic E-state index is 13.6. The molecular formula is C26H30N2O4S2. The molecular weight excluding hydrogens is 468 g/mol. The molecule has 180 valence electrons. The van der Waals surface area contributed by atoms with Crippen molar-refractivity contribution in [1.29, 1.82) is 0 Å². The van der Waals surface area contributed by atoms with Crippen LogP contribution in [0.2, 0.25) is 0 Å². The standard InChI is InChI=1S/C26H30N2O4S2/c1-20-9-11-24(12-10-20)34(30,31)28-15-13-21(14-16-28)26(29)27(19-23-7-5-17-33-23)18-22-6-3-4-8-25(22)32-2/h3-12,17,21H,13-16,18-19H2,1-2H3. The Bertz CT molecular complexity index is 1200. The van der Waals surface area contributed by atoms with E-state index in [1.54, 1.807) is 30.6 Å². The van der Waals surface area contributed by atoms with Crippen LogP contribution in [0.3, 0.4) is 0 Å². The van der Waals surface area contributed by atoms with E-state index in [1.807, 2.05) is 65.7 Å². The predicted molar refractivity (Wildman–Crippen MR) is 134 cm³/mol. The van der Waals surface area contributed by atoms with Crippen LogP contribution in [0.15, 0.2) is 70.9 Å². The van der Waals surface area contributed by atoms with Gasteiger partial charge in [-0.25, -0.2) is 8.42 Å². The third-order valence-electron chi connectivity index (χ3n) is 6.25. The first-order chi connectivity index (χ1) is 16.4. The average Bonchev–Trinajstić information content (AvgIpc) is 3.37. The number of amides is 1. The molecule has 1 fully saturated rings. The van der Waals surface area contributed by atoms with E-state index in [0.717, 1.165) is 21.8 Å². The molecule has 6 nitrogen and oxygen atoms in total. The number of carbonyl (C=O) groups is 1. The fourth-order valence-corrected chi connectivity index (χ4v) is 6.49. The molecule has 0 spiro atoms. The van der Waals surface area contributed by atoms with E-state index in [1.165, 1.54) is 4.31 Å². The van der Waals surface area contributed by atoms with Crippen molar-refractivity contribution in [2.75, 3.05) is 20.2 Å². The Kier molecular flexibility index (Phi) is 7.70. The number of para-hydroxylation sites is 1. The van der Waals surface area contributed by atoms with Gasteiger partial charge in [0.25, 0.3) is 0 Å². The van der Waals surface area contributed by atoms with Crippen molar-refractivity contribution in [3.05, 3.63) is 82.0 Å². The summed E-state index contributed by atoms with van der Waals surface area (Å²) in [6.07, 6.45) is 1.02. The summed E-state index contributed by atoms with van der Waals surface area (Å²) in [7, 11) is -1.92. The Balaban J connectivity index is 1.47. The average molecular weight is 499 g/mol. The number of methoxy groups -OCH3 is 1. The van der Waals surface area contributed by atoms with E-state index in [2.05, 4.69) is 0 Å². The Morgan fingerprint density at radius 3 is 2.38 bits per heavy atom. The third-order valence-corrected chi connectivity index (χ3v) is 9.03. The first-order valence-corrected chi connectivity index (χ1v) is 13.7. The van der Waals surface area contributed by atoms with Gasteiger partial charge in [0.05, 0.1) is 18.6 Å². The van der Waals surface area contributed by atoms with Gasteiger partial charge in [0.2, 0.25) is 15.9 Å². The molecule has 4 rings (SSSR count). The molecule has 0 N–H and O–H groups in total. The number of hydrogen-bond acceptors (Lipinski definition) is 5. The van der Waals surface area contributed by atoms with Gasteiger partial charge in [-0.2, -0.15) is 4.31 Å². The molecule has 0 unspecified atom stereocenters. The van der Waals surface area contributed by atoms with Crippen molar-refractivity contribution in [1.82, 2.24) is 9.21 Å². The normalized spacial score (nSPS) is 15.2. The fraction of sp³-hybridized carbons (Fsp3) is 0.346. The topological polar surface area (TPSA) is 66.9 Å². The van der Waals surface area contributed by atoms with Gasteiger partial charge in [-0.05, 0) is 49.4 Å². The molecule has 1 saturated heterocycles. The lowest BCUT2D eigenvalue weighted by Crippen LogP contribution is -2.44. The minimum absolute atomic E-state index is 0.0617. The van der Waals surface area contributed by atoms with Gasteiger partial charge in [-0.3, -0.25) is 4.79 Å². The summed E-state index contributed by atoms with van der Waals surface area (Å²) >= 11 is 1.63. The molecule has 8 heteroatoms. The zero-order valence-corrected chi connectivity index (χ0v) is 21.1. The fourth-order valence-electron chi connectivity index (χ4n) is 4.30. The predicted octanol–water partition coefficient (Wildman–Crippen LogP) is 4.69. The summed E-state index contributed by atoms with van der Waals surface area (Å²) in [5, 5.41) is 2.01. The molecule has 0 atom stereocenters. The zero-order valence-electron chi connectivity index (χ0n) is 19.5. The number of carbonyl (C=O) groups excluding carboxylic acids is 1. The van der Waals surface area contributed by atoms with Crippen LogP contribution in [0, 0.1) is 12.8 Å². The number of sulfonamides is 1. The van der Waals surface area contributed by atoms with Gasteiger partial charge in [0, 0.05) is 36.0 Å². The van der Waals surface area contributed by atoms with E-state index in [9.17, 15) is 13.2 Å².